The van der Waals surface area contributed by atoms with E-state index in [-0.39, 0.29) is 5.66 Å². The Morgan fingerprint density at radius 2 is 1.27 bits per heavy atom. The summed E-state index contributed by atoms with van der Waals surface area (Å²) in [6, 6.07) is 11.5. The van der Waals surface area contributed by atoms with Crippen LogP contribution in [0.3, 0.4) is 0 Å². The molecular formula is C26H33O3P. The largest absolute Gasteiger partial charge is 0.306 e. The second kappa shape index (κ2) is 9.43. The first-order valence-corrected chi connectivity index (χ1v) is 13.0. The van der Waals surface area contributed by atoms with Crippen LogP contribution in [0.25, 0.3) is 0 Å². The van der Waals surface area contributed by atoms with Crippen molar-refractivity contribution in [3.8, 4) is 0 Å². The molecule has 1 unspecified atom stereocenters. The van der Waals surface area contributed by atoms with Gasteiger partial charge in [0.15, 0.2) is 0 Å². The summed E-state index contributed by atoms with van der Waals surface area (Å²) in [4.78, 5) is 28.0. The summed E-state index contributed by atoms with van der Waals surface area (Å²) in [6.07, 6.45) is 5.67. The Balaban J connectivity index is 2.23. The van der Waals surface area contributed by atoms with Crippen molar-refractivity contribution in [3.63, 3.8) is 0 Å². The second-order valence-corrected chi connectivity index (χ2v) is 11.3. The van der Waals surface area contributed by atoms with Gasteiger partial charge < -0.3 is 4.57 Å². The van der Waals surface area contributed by atoms with Gasteiger partial charge in [-0.25, -0.2) is 0 Å². The van der Waals surface area contributed by atoms with Gasteiger partial charge in [-0.1, -0.05) is 69.5 Å². The van der Waals surface area contributed by atoms with Crippen LogP contribution in [-0.4, -0.2) is 16.7 Å². The Kier molecular flexibility index (Phi) is 7.14. The Labute approximate surface area is 180 Å². The maximum atomic E-state index is 14.7. The van der Waals surface area contributed by atoms with Crippen molar-refractivity contribution in [1.29, 1.82) is 0 Å². The molecule has 0 aliphatic heterocycles. The van der Waals surface area contributed by atoms with E-state index in [9.17, 15) is 14.2 Å². The minimum Gasteiger partial charge on any atom is -0.306 e. The average Bonchev–Trinajstić information content (AvgIpc) is 2.77. The summed E-state index contributed by atoms with van der Waals surface area (Å²) < 4.78 is 14.7. The van der Waals surface area contributed by atoms with E-state index in [1.807, 2.05) is 64.1 Å². The third-order valence-electron chi connectivity index (χ3n) is 6.60. The lowest BCUT2D eigenvalue weighted by molar-refractivity contribution is 0.103. The van der Waals surface area contributed by atoms with Crippen molar-refractivity contribution >= 4 is 18.2 Å². The molecular weight excluding hydrogens is 391 g/mol. The maximum Gasteiger partial charge on any atom is 0.229 e. The molecule has 0 heterocycles. The highest BCUT2D eigenvalue weighted by atomic mass is 31.2. The van der Waals surface area contributed by atoms with E-state index in [0.29, 0.717) is 36.8 Å². The van der Waals surface area contributed by atoms with E-state index in [0.717, 1.165) is 41.5 Å². The lowest BCUT2D eigenvalue weighted by atomic mass is 9.98. The summed E-state index contributed by atoms with van der Waals surface area (Å²) in [6.45, 7) is 7.75. The monoisotopic (exact) mass is 424 g/mol. The lowest BCUT2D eigenvalue weighted by Crippen LogP contribution is -2.26. The molecule has 3 nitrogen and oxygen atoms in total. The van der Waals surface area contributed by atoms with Crippen LogP contribution in [-0.2, 0) is 17.4 Å². The zero-order valence-corrected chi connectivity index (χ0v) is 19.6. The molecule has 4 heteroatoms. The number of rotatable bonds is 7. The van der Waals surface area contributed by atoms with Crippen LogP contribution >= 0.6 is 7.14 Å². The van der Waals surface area contributed by atoms with Crippen LogP contribution in [0.2, 0.25) is 0 Å². The van der Waals surface area contributed by atoms with Crippen LogP contribution in [0.1, 0.15) is 88.9 Å². The van der Waals surface area contributed by atoms with Crippen LogP contribution < -0.4 is 0 Å². The van der Waals surface area contributed by atoms with Gasteiger partial charge in [0, 0.05) is 16.8 Å². The highest BCUT2D eigenvalue weighted by Crippen LogP contribution is 2.61. The molecule has 2 aromatic carbocycles. The van der Waals surface area contributed by atoms with Crippen molar-refractivity contribution in [1.82, 2.24) is 0 Å². The smallest absolute Gasteiger partial charge is 0.229 e. The number of carbonyl (C=O) groups excluding carboxylic acids is 2. The Bertz CT molecular complexity index is 957. The van der Waals surface area contributed by atoms with Gasteiger partial charge in [0.05, 0.1) is 0 Å². The van der Waals surface area contributed by atoms with Gasteiger partial charge in [-0.15, -0.1) is 0 Å². The number of carbonyl (C=O) groups is 2. The van der Waals surface area contributed by atoms with Crippen molar-refractivity contribution < 1.29 is 14.2 Å². The van der Waals surface area contributed by atoms with Gasteiger partial charge in [-0.3, -0.25) is 9.59 Å². The predicted molar refractivity (Wildman–Crippen MR) is 124 cm³/mol. The van der Waals surface area contributed by atoms with Crippen LogP contribution in [0, 0.1) is 13.8 Å². The summed E-state index contributed by atoms with van der Waals surface area (Å²) in [5.41, 5.74) is 3.21. The fraction of sp³-hybridized carbons (Fsp3) is 0.462. The first-order chi connectivity index (χ1) is 14.4. The van der Waals surface area contributed by atoms with Gasteiger partial charge in [-0.05, 0) is 61.8 Å². The van der Waals surface area contributed by atoms with Crippen LogP contribution in [0.15, 0.2) is 36.4 Å². The number of benzene rings is 2. The molecule has 1 aliphatic carbocycles. The zero-order chi connectivity index (χ0) is 21.9. The van der Waals surface area contributed by atoms with Crippen molar-refractivity contribution in [2.45, 2.75) is 78.3 Å². The number of aryl methyl sites for hydroxylation is 4. The minimum absolute atomic E-state index is 0.347. The van der Waals surface area contributed by atoms with Gasteiger partial charge in [0.25, 0.3) is 0 Å². The Morgan fingerprint density at radius 1 is 0.800 bits per heavy atom. The molecule has 0 bridgehead atoms. The van der Waals surface area contributed by atoms with Gasteiger partial charge in [-0.2, -0.15) is 0 Å². The Morgan fingerprint density at radius 3 is 1.77 bits per heavy atom. The molecule has 1 fully saturated rings. The molecule has 160 valence electrons. The highest BCUT2D eigenvalue weighted by Gasteiger charge is 2.49. The van der Waals surface area contributed by atoms with E-state index >= 15 is 0 Å². The summed E-state index contributed by atoms with van der Waals surface area (Å²) >= 11 is 0. The third-order valence-corrected chi connectivity index (χ3v) is 9.80. The molecule has 1 atom stereocenters. The van der Waals surface area contributed by atoms with Gasteiger partial charge in [0.1, 0.15) is 0 Å². The van der Waals surface area contributed by atoms with E-state index in [2.05, 4.69) is 0 Å². The van der Waals surface area contributed by atoms with Crippen molar-refractivity contribution in [2.24, 2.45) is 0 Å². The molecule has 0 spiro atoms. The zero-order valence-electron chi connectivity index (χ0n) is 18.7. The van der Waals surface area contributed by atoms with Crippen molar-refractivity contribution in [3.05, 3.63) is 69.8 Å². The highest BCUT2D eigenvalue weighted by molar-refractivity contribution is 7.96. The molecule has 0 saturated heterocycles. The SMILES string of the molecule is CCc1cccc(CC)c1C(=O)P(=O)(C(=O)c1c(C)cccc1C)C1CCCCC1. The first-order valence-electron chi connectivity index (χ1n) is 11.2. The molecule has 30 heavy (non-hydrogen) atoms. The fourth-order valence-electron chi connectivity index (χ4n) is 4.87. The normalized spacial score (nSPS) is 16.8. The number of hydrogen-bond donors (Lipinski definition) is 0. The first kappa shape index (κ1) is 22.7. The molecule has 2 aromatic rings. The van der Waals surface area contributed by atoms with E-state index < -0.39 is 18.2 Å². The predicted octanol–water partition coefficient (Wildman–Crippen LogP) is 7.10. The molecule has 0 N–H and O–H groups in total. The second-order valence-electron chi connectivity index (χ2n) is 8.49. The lowest BCUT2D eigenvalue weighted by Gasteiger charge is -2.30. The number of hydrogen-bond acceptors (Lipinski definition) is 3. The van der Waals surface area contributed by atoms with E-state index in [1.165, 1.54) is 0 Å². The summed E-state index contributed by atoms with van der Waals surface area (Å²) in [5.74, 6) is 0. The van der Waals surface area contributed by atoms with E-state index in [1.54, 1.807) is 0 Å². The molecule has 0 amide bonds. The molecule has 1 saturated carbocycles. The third kappa shape index (κ3) is 3.97. The van der Waals surface area contributed by atoms with Crippen LogP contribution in [0.4, 0.5) is 0 Å². The molecule has 0 radical (unpaired) electrons. The standard InChI is InChI=1S/C26H33O3P/c1-5-20-14-11-15-21(6-2)24(20)26(28)30(29,22-16-8-7-9-17-22)25(27)23-18(3)12-10-13-19(23)4/h10-15,22H,5-9,16-17H2,1-4H3. The van der Waals surface area contributed by atoms with E-state index in [4.69, 9.17) is 0 Å². The van der Waals surface area contributed by atoms with Gasteiger partial charge >= 0.3 is 0 Å². The summed E-state index contributed by atoms with van der Waals surface area (Å²) in [7, 11) is -3.83. The Hall–Kier alpha value is -1.99. The topological polar surface area (TPSA) is 51.2 Å². The minimum atomic E-state index is -3.83. The molecule has 0 aromatic heterocycles. The quantitative estimate of drug-likeness (QED) is 0.445. The fourth-order valence-corrected chi connectivity index (χ4v) is 8.11. The van der Waals surface area contributed by atoms with Gasteiger partial charge in [0.2, 0.25) is 18.2 Å². The average molecular weight is 425 g/mol. The molecule has 1 aliphatic rings. The maximum absolute atomic E-state index is 14.7. The summed E-state index contributed by atoms with van der Waals surface area (Å²) in [5, 5.41) is 0. The van der Waals surface area contributed by atoms with Crippen molar-refractivity contribution in [2.75, 3.05) is 0 Å². The van der Waals surface area contributed by atoms with Crippen LogP contribution in [0.5, 0.6) is 0 Å². The molecule has 3 rings (SSSR count).